The molecule has 0 amide bonds. The fraction of sp³-hybridized carbons (Fsp3) is 0.667. The number of aliphatic hydroxyl groups is 1. The molecule has 1 aliphatic rings. The van der Waals surface area contributed by atoms with E-state index >= 15 is 0 Å². The van der Waals surface area contributed by atoms with E-state index in [1.165, 1.54) is 18.4 Å². The molecule has 0 radical (unpaired) electrons. The standard InChI is InChI=1S/C12H19NO2/c14-7-2-1-6-13(12-3-4-12)9-11-5-8-15-10-11/h5,8,10,12,14H,1-4,6-7,9H2. The smallest absolute Gasteiger partial charge is 0.0947 e. The fourth-order valence-electron chi connectivity index (χ4n) is 1.87. The summed E-state index contributed by atoms with van der Waals surface area (Å²) in [5.74, 6) is 0. The quantitative estimate of drug-likeness (QED) is 0.698. The summed E-state index contributed by atoms with van der Waals surface area (Å²) in [6.07, 6.45) is 8.21. The Morgan fingerprint density at radius 3 is 2.87 bits per heavy atom. The molecule has 0 aliphatic heterocycles. The normalized spacial score (nSPS) is 16.1. The largest absolute Gasteiger partial charge is 0.472 e. The lowest BCUT2D eigenvalue weighted by Crippen LogP contribution is -2.26. The summed E-state index contributed by atoms with van der Waals surface area (Å²) >= 11 is 0. The van der Waals surface area contributed by atoms with Gasteiger partial charge in [-0.1, -0.05) is 0 Å². The number of rotatable bonds is 7. The molecule has 1 fully saturated rings. The second kappa shape index (κ2) is 5.33. The number of nitrogens with zero attached hydrogens (tertiary/aromatic N) is 1. The van der Waals surface area contributed by atoms with Gasteiger partial charge in [-0.25, -0.2) is 0 Å². The highest BCUT2D eigenvalue weighted by molar-refractivity contribution is 5.06. The third-order valence-electron chi connectivity index (χ3n) is 2.88. The predicted molar refractivity (Wildman–Crippen MR) is 58.5 cm³/mol. The lowest BCUT2D eigenvalue weighted by Gasteiger charge is -2.20. The van der Waals surface area contributed by atoms with Gasteiger partial charge in [-0.05, 0) is 38.3 Å². The molecule has 15 heavy (non-hydrogen) atoms. The Balaban J connectivity index is 1.78. The van der Waals surface area contributed by atoms with Crippen molar-refractivity contribution in [2.24, 2.45) is 0 Å². The Morgan fingerprint density at radius 1 is 1.40 bits per heavy atom. The van der Waals surface area contributed by atoms with Crippen molar-refractivity contribution in [3.05, 3.63) is 24.2 Å². The number of aliphatic hydroxyl groups excluding tert-OH is 1. The summed E-state index contributed by atoms with van der Waals surface area (Å²) in [6, 6.07) is 2.81. The van der Waals surface area contributed by atoms with Crippen LogP contribution in [0, 0.1) is 0 Å². The van der Waals surface area contributed by atoms with Crippen molar-refractivity contribution in [3.8, 4) is 0 Å². The van der Waals surface area contributed by atoms with Crippen LogP contribution >= 0.6 is 0 Å². The van der Waals surface area contributed by atoms with Crippen LogP contribution in [0.5, 0.6) is 0 Å². The van der Waals surface area contributed by atoms with Crippen molar-refractivity contribution >= 4 is 0 Å². The molecule has 3 nitrogen and oxygen atoms in total. The van der Waals surface area contributed by atoms with Crippen LogP contribution in [0.1, 0.15) is 31.2 Å². The summed E-state index contributed by atoms with van der Waals surface area (Å²) in [4.78, 5) is 2.50. The first-order chi connectivity index (χ1) is 7.40. The maximum atomic E-state index is 8.76. The van der Waals surface area contributed by atoms with Gasteiger partial charge >= 0.3 is 0 Å². The molecule has 0 spiro atoms. The van der Waals surface area contributed by atoms with Gasteiger partial charge in [0.05, 0.1) is 12.5 Å². The Kier molecular flexibility index (Phi) is 3.80. The van der Waals surface area contributed by atoms with Crippen molar-refractivity contribution < 1.29 is 9.52 Å². The van der Waals surface area contributed by atoms with Crippen molar-refractivity contribution in [1.29, 1.82) is 0 Å². The maximum Gasteiger partial charge on any atom is 0.0947 e. The summed E-state index contributed by atoms with van der Waals surface area (Å²) in [5.41, 5.74) is 1.26. The lowest BCUT2D eigenvalue weighted by molar-refractivity contribution is 0.228. The van der Waals surface area contributed by atoms with Crippen molar-refractivity contribution in [1.82, 2.24) is 4.90 Å². The van der Waals surface area contributed by atoms with Gasteiger partial charge in [-0.15, -0.1) is 0 Å². The van der Waals surface area contributed by atoms with Gasteiger partial charge in [-0.2, -0.15) is 0 Å². The van der Waals surface area contributed by atoms with Crippen LogP contribution in [0.2, 0.25) is 0 Å². The molecule has 0 bridgehead atoms. The van der Waals surface area contributed by atoms with Crippen LogP contribution in [0.15, 0.2) is 23.0 Å². The van der Waals surface area contributed by atoms with Crippen LogP contribution < -0.4 is 0 Å². The number of hydrogen-bond acceptors (Lipinski definition) is 3. The van der Waals surface area contributed by atoms with Crippen molar-refractivity contribution in [2.75, 3.05) is 13.2 Å². The predicted octanol–water partition coefficient (Wildman–Crippen LogP) is 2.02. The van der Waals surface area contributed by atoms with Crippen LogP contribution in [0.4, 0.5) is 0 Å². The number of unbranched alkanes of at least 4 members (excludes halogenated alkanes) is 1. The molecule has 0 saturated heterocycles. The Labute approximate surface area is 90.7 Å². The fourth-order valence-corrected chi connectivity index (χ4v) is 1.87. The SMILES string of the molecule is OCCCCN(Cc1ccoc1)C1CC1. The summed E-state index contributed by atoms with van der Waals surface area (Å²) in [5, 5.41) is 8.76. The van der Waals surface area contributed by atoms with Crippen LogP contribution in [0.3, 0.4) is 0 Å². The first-order valence-corrected chi connectivity index (χ1v) is 5.76. The van der Waals surface area contributed by atoms with E-state index in [2.05, 4.69) is 4.90 Å². The highest BCUT2D eigenvalue weighted by Gasteiger charge is 2.28. The molecule has 1 heterocycles. The Hall–Kier alpha value is -0.800. The average Bonchev–Trinajstić information content (AvgIpc) is 2.97. The van der Waals surface area contributed by atoms with Crippen molar-refractivity contribution in [2.45, 2.75) is 38.3 Å². The lowest BCUT2D eigenvalue weighted by atomic mass is 10.2. The molecule has 3 heteroatoms. The Bertz CT molecular complexity index is 267. The van der Waals surface area contributed by atoms with E-state index in [0.717, 1.165) is 32.0 Å². The van der Waals surface area contributed by atoms with E-state index in [-0.39, 0.29) is 0 Å². The van der Waals surface area contributed by atoms with Gasteiger partial charge in [-0.3, -0.25) is 4.90 Å². The number of furan rings is 1. The van der Waals surface area contributed by atoms with E-state index in [1.807, 2.05) is 12.3 Å². The third-order valence-corrected chi connectivity index (χ3v) is 2.88. The second-order valence-electron chi connectivity index (χ2n) is 4.26. The zero-order valence-electron chi connectivity index (χ0n) is 9.06. The topological polar surface area (TPSA) is 36.6 Å². The molecule has 2 rings (SSSR count). The summed E-state index contributed by atoms with van der Waals surface area (Å²) < 4.78 is 5.07. The summed E-state index contributed by atoms with van der Waals surface area (Å²) in [6.45, 7) is 2.40. The second-order valence-corrected chi connectivity index (χ2v) is 4.26. The molecule has 0 aromatic carbocycles. The van der Waals surface area contributed by atoms with Crippen LogP contribution in [-0.4, -0.2) is 29.2 Å². The van der Waals surface area contributed by atoms with Crippen LogP contribution in [-0.2, 0) is 6.54 Å². The minimum atomic E-state index is 0.310. The Morgan fingerprint density at radius 2 is 2.27 bits per heavy atom. The van der Waals surface area contributed by atoms with Gasteiger partial charge in [0.2, 0.25) is 0 Å². The van der Waals surface area contributed by atoms with E-state index in [4.69, 9.17) is 9.52 Å². The molecule has 1 N–H and O–H groups in total. The van der Waals surface area contributed by atoms with E-state index in [9.17, 15) is 0 Å². The van der Waals surface area contributed by atoms with Gasteiger partial charge in [0, 0.05) is 24.8 Å². The van der Waals surface area contributed by atoms with E-state index in [0.29, 0.717) is 6.61 Å². The van der Waals surface area contributed by atoms with Gasteiger partial charge in [0.15, 0.2) is 0 Å². The van der Waals surface area contributed by atoms with Gasteiger partial charge < -0.3 is 9.52 Å². The van der Waals surface area contributed by atoms with E-state index < -0.39 is 0 Å². The molecule has 1 aliphatic carbocycles. The molecular weight excluding hydrogens is 190 g/mol. The molecule has 84 valence electrons. The first kappa shape index (κ1) is 10.7. The van der Waals surface area contributed by atoms with Crippen molar-refractivity contribution in [3.63, 3.8) is 0 Å². The molecule has 1 aromatic heterocycles. The minimum absolute atomic E-state index is 0.310. The molecule has 0 unspecified atom stereocenters. The monoisotopic (exact) mass is 209 g/mol. The highest BCUT2D eigenvalue weighted by Crippen LogP contribution is 2.28. The van der Waals surface area contributed by atoms with Gasteiger partial charge in [0.1, 0.15) is 0 Å². The zero-order valence-corrected chi connectivity index (χ0v) is 9.06. The zero-order chi connectivity index (χ0) is 10.5. The molecule has 0 atom stereocenters. The first-order valence-electron chi connectivity index (χ1n) is 5.76. The molecular formula is C12H19NO2. The summed E-state index contributed by atoms with van der Waals surface area (Å²) in [7, 11) is 0. The van der Waals surface area contributed by atoms with E-state index in [1.54, 1.807) is 6.26 Å². The average molecular weight is 209 g/mol. The van der Waals surface area contributed by atoms with Gasteiger partial charge in [0.25, 0.3) is 0 Å². The minimum Gasteiger partial charge on any atom is -0.472 e. The van der Waals surface area contributed by atoms with Crippen LogP contribution in [0.25, 0.3) is 0 Å². The number of hydrogen-bond donors (Lipinski definition) is 1. The maximum absolute atomic E-state index is 8.76. The highest BCUT2D eigenvalue weighted by atomic mass is 16.3. The third kappa shape index (κ3) is 3.36. The molecule has 1 saturated carbocycles. The molecule has 1 aromatic rings.